The number of piperazine rings is 1. The van der Waals surface area contributed by atoms with Crippen molar-refractivity contribution in [2.45, 2.75) is 39.8 Å². The first-order chi connectivity index (χ1) is 13.2. The van der Waals surface area contributed by atoms with Gasteiger partial charge in [-0.3, -0.25) is 4.90 Å². The van der Waals surface area contributed by atoms with Gasteiger partial charge in [-0.15, -0.1) is 21.5 Å². The number of unbranched alkanes of at least 4 members (excludes halogenated alkanes) is 1. The van der Waals surface area contributed by atoms with Crippen molar-refractivity contribution in [3.8, 4) is 0 Å². The molecule has 3 rings (SSSR count). The molecule has 0 saturated carbocycles. The molecule has 1 aliphatic heterocycles. The van der Waals surface area contributed by atoms with E-state index in [4.69, 9.17) is 4.99 Å². The smallest absolute Gasteiger partial charge is 0.194 e. The zero-order valence-electron chi connectivity index (χ0n) is 16.7. The van der Waals surface area contributed by atoms with Gasteiger partial charge in [-0.1, -0.05) is 19.4 Å². The summed E-state index contributed by atoms with van der Waals surface area (Å²) in [6.07, 6.45) is 2.33. The van der Waals surface area contributed by atoms with Crippen LogP contribution in [0.2, 0.25) is 0 Å². The molecule has 27 heavy (non-hydrogen) atoms. The highest BCUT2D eigenvalue weighted by molar-refractivity contribution is 7.09. The van der Waals surface area contributed by atoms with Gasteiger partial charge in [-0.2, -0.15) is 0 Å². The Hall–Kier alpha value is -1.93. The monoisotopic (exact) mass is 389 g/mol. The van der Waals surface area contributed by atoms with Crippen LogP contribution in [0.1, 0.15) is 36.3 Å². The second-order valence-electron chi connectivity index (χ2n) is 6.99. The summed E-state index contributed by atoms with van der Waals surface area (Å²) in [6.45, 7) is 10.9. The molecular formula is C19H31N7S. The number of rotatable bonds is 7. The Labute approximate surface area is 166 Å². The van der Waals surface area contributed by atoms with Crippen LogP contribution in [0.3, 0.4) is 0 Å². The number of hydrogen-bond acceptors (Lipinski definition) is 5. The molecule has 0 atom stereocenters. The second-order valence-corrected chi connectivity index (χ2v) is 8.02. The predicted octanol–water partition coefficient (Wildman–Crippen LogP) is 2.25. The lowest BCUT2D eigenvalue weighted by molar-refractivity contribution is 0.173. The number of nitrogens with zero attached hydrogens (tertiary/aromatic N) is 6. The molecule has 0 bridgehead atoms. The van der Waals surface area contributed by atoms with E-state index in [1.807, 2.05) is 29.9 Å². The van der Waals surface area contributed by atoms with Gasteiger partial charge < -0.3 is 14.8 Å². The van der Waals surface area contributed by atoms with Crippen LogP contribution in [-0.4, -0.2) is 63.2 Å². The largest absolute Gasteiger partial charge is 0.356 e. The lowest BCUT2D eigenvalue weighted by atomic mass is 10.3. The summed E-state index contributed by atoms with van der Waals surface area (Å²) in [5.41, 5.74) is 0. The third-order valence-electron chi connectivity index (χ3n) is 5.00. The molecule has 0 spiro atoms. The standard InChI is InChI=1S/C19H31N7S/c1-4-5-8-20-19(21-14-18-23-22-16(2)24(18)3)26-11-9-25(10-12-26)15-17-7-6-13-27-17/h6-7,13H,4-5,8-12,14-15H2,1-3H3,(H,20,21). The molecule has 0 aromatic carbocycles. The molecule has 3 heterocycles. The van der Waals surface area contributed by atoms with E-state index in [1.54, 1.807) is 0 Å². The highest BCUT2D eigenvalue weighted by Gasteiger charge is 2.20. The zero-order chi connectivity index (χ0) is 19.1. The average Bonchev–Trinajstić information content (AvgIpc) is 3.30. The summed E-state index contributed by atoms with van der Waals surface area (Å²) in [7, 11) is 1.99. The Morgan fingerprint density at radius 1 is 1.26 bits per heavy atom. The van der Waals surface area contributed by atoms with E-state index < -0.39 is 0 Å². The summed E-state index contributed by atoms with van der Waals surface area (Å²) < 4.78 is 2.01. The van der Waals surface area contributed by atoms with E-state index in [9.17, 15) is 0 Å². The predicted molar refractivity (Wildman–Crippen MR) is 111 cm³/mol. The number of aromatic nitrogens is 3. The summed E-state index contributed by atoms with van der Waals surface area (Å²) in [6, 6.07) is 4.35. The molecule has 1 aliphatic rings. The minimum atomic E-state index is 0.557. The van der Waals surface area contributed by atoms with Crippen LogP contribution < -0.4 is 5.32 Å². The van der Waals surface area contributed by atoms with Crippen LogP contribution in [0.5, 0.6) is 0 Å². The van der Waals surface area contributed by atoms with E-state index in [0.717, 1.165) is 63.3 Å². The zero-order valence-corrected chi connectivity index (χ0v) is 17.5. The first-order valence-corrected chi connectivity index (χ1v) is 10.7. The Morgan fingerprint density at radius 2 is 2.07 bits per heavy atom. The topological polar surface area (TPSA) is 61.6 Å². The fraction of sp³-hybridized carbons (Fsp3) is 0.632. The molecule has 148 valence electrons. The minimum Gasteiger partial charge on any atom is -0.356 e. The quantitative estimate of drug-likeness (QED) is 0.447. The number of guanidine groups is 1. The van der Waals surface area contributed by atoms with Gasteiger partial charge in [0.1, 0.15) is 12.4 Å². The Kier molecular flexibility index (Phi) is 7.23. The van der Waals surface area contributed by atoms with Gasteiger partial charge in [0, 0.05) is 51.2 Å². The molecule has 7 nitrogen and oxygen atoms in total. The van der Waals surface area contributed by atoms with Crippen molar-refractivity contribution in [2.24, 2.45) is 12.0 Å². The summed E-state index contributed by atoms with van der Waals surface area (Å²) in [5, 5.41) is 14.1. The minimum absolute atomic E-state index is 0.557. The first kappa shape index (κ1) is 19.8. The highest BCUT2D eigenvalue weighted by atomic mass is 32.1. The molecule has 1 fully saturated rings. The van der Waals surface area contributed by atoms with Crippen LogP contribution in [0.4, 0.5) is 0 Å². The van der Waals surface area contributed by atoms with Crippen LogP contribution >= 0.6 is 11.3 Å². The maximum Gasteiger partial charge on any atom is 0.194 e. The molecule has 0 radical (unpaired) electrons. The Bertz CT molecular complexity index is 715. The van der Waals surface area contributed by atoms with Crippen LogP contribution in [0, 0.1) is 6.92 Å². The van der Waals surface area contributed by atoms with Crippen molar-refractivity contribution < 1.29 is 0 Å². The molecule has 1 N–H and O–H groups in total. The van der Waals surface area contributed by atoms with Gasteiger partial charge in [0.25, 0.3) is 0 Å². The van der Waals surface area contributed by atoms with Crippen molar-refractivity contribution in [2.75, 3.05) is 32.7 Å². The number of aryl methyl sites for hydroxylation is 1. The average molecular weight is 390 g/mol. The van der Waals surface area contributed by atoms with E-state index >= 15 is 0 Å². The SMILES string of the molecule is CCCCNC(=NCc1nnc(C)n1C)N1CCN(Cc2cccs2)CC1. The molecule has 0 aliphatic carbocycles. The van der Waals surface area contributed by atoms with Crippen LogP contribution in [0.25, 0.3) is 0 Å². The Balaban J connectivity index is 1.59. The number of nitrogens with one attached hydrogen (secondary N) is 1. The molecule has 2 aromatic heterocycles. The van der Waals surface area contributed by atoms with Crippen molar-refractivity contribution in [1.82, 2.24) is 29.9 Å². The van der Waals surface area contributed by atoms with Gasteiger partial charge in [0.15, 0.2) is 11.8 Å². The van der Waals surface area contributed by atoms with Crippen molar-refractivity contribution in [3.63, 3.8) is 0 Å². The fourth-order valence-corrected chi connectivity index (χ4v) is 3.87. The van der Waals surface area contributed by atoms with Gasteiger partial charge in [0.2, 0.25) is 0 Å². The molecule has 2 aromatic rings. The highest BCUT2D eigenvalue weighted by Crippen LogP contribution is 2.13. The van der Waals surface area contributed by atoms with E-state index in [1.165, 1.54) is 11.3 Å². The maximum atomic E-state index is 4.86. The third-order valence-corrected chi connectivity index (χ3v) is 5.86. The summed E-state index contributed by atoms with van der Waals surface area (Å²) >= 11 is 1.84. The fourth-order valence-electron chi connectivity index (χ4n) is 3.12. The van der Waals surface area contributed by atoms with E-state index in [2.05, 4.69) is 49.8 Å². The van der Waals surface area contributed by atoms with Gasteiger partial charge in [0.05, 0.1) is 0 Å². The molecule has 0 amide bonds. The lowest BCUT2D eigenvalue weighted by Gasteiger charge is -2.36. The third kappa shape index (κ3) is 5.52. The Morgan fingerprint density at radius 3 is 2.70 bits per heavy atom. The van der Waals surface area contributed by atoms with E-state index in [0.29, 0.717) is 6.54 Å². The second kappa shape index (κ2) is 9.85. The van der Waals surface area contributed by atoms with Crippen molar-refractivity contribution in [1.29, 1.82) is 0 Å². The van der Waals surface area contributed by atoms with Crippen molar-refractivity contribution >= 4 is 17.3 Å². The summed E-state index contributed by atoms with van der Waals surface area (Å²) in [4.78, 5) is 11.2. The molecule has 0 unspecified atom stereocenters. The number of thiophene rings is 1. The summed E-state index contributed by atoms with van der Waals surface area (Å²) in [5.74, 6) is 2.82. The lowest BCUT2D eigenvalue weighted by Crippen LogP contribution is -2.52. The first-order valence-electron chi connectivity index (χ1n) is 9.80. The normalized spacial score (nSPS) is 16.1. The van der Waals surface area contributed by atoms with Crippen LogP contribution in [-0.2, 0) is 20.1 Å². The number of aliphatic imine (C=N–C) groups is 1. The van der Waals surface area contributed by atoms with Gasteiger partial charge in [-0.05, 0) is 24.8 Å². The molecule has 8 heteroatoms. The maximum absolute atomic E-state index is 4.86. The van der Waals surface area contributed by atoms with E-state index in [-0.39, 0.29) is 0 Å². The number of hydrogen-bond donors (Lipinski definition) is 1. The van der Waals surface area contributed by atoms with Crippen molar-refractivity contribution in [3.05, 3.63) is 34.0 Å². The van der Waals surface area contributed by atoms with Crippen LogP contribution in [0.15, 0.2) is 22.5 Å². The van der Waals surface area contributed by atoms with Gasteiger partial charge in [-0.25, -0.2) is 4.99 Å². The molecular weight excluding hydrogens is 358 g/mol. The van der Waals surface area contributed by atoms with Gasteiger partial charge >= 0.3 is 0 Å². The molecule has 1 saturated heterocycles.